The molecule has 0 saturated carbocycles. The van der Waals surface area contributed by atoms with E-state index in [-0.39, 0.29) is 12.1 Å². The number of benzene rings is 1. The molecular weight excluding hydrogens is 274 g/mol. The Balaban J connectivity index is 2.18. The third kappa shape index (κ3) is 3.41. The smallest absolute Gasteiger partial charge is 0.176 e. The summed E-state index contributed by atoms with van der Waals surface area (Å²) < 4.78 is 22.4. The molecule has 1 aromatic heterocycles. The van der Waals surface area contributed by atoms with Gasteiger partial charge in [0.2, 0.25) is 0 Å². The minimum Gasteiger partial charge on any atom is -0.493 e. The molecule has 4 nitrogen and oxygen atoms in total. The Morgan fingerprint density at radius 1 is 1.40 bits per heavy atom. The Morgan fingerprint density at radius 2 is 2.15 bits per heavy atom. The Hall–Kier alpha value is -1.33. The van der Waals surface area contributed by atoms with Crippen LogP contribution in [0, 0.1) is 0 Å². The van der Waals surface area contributed by atoms with E-state index in [0.29, 0.717) is 5.75 Å². The summed E-state index contributed by atoms with van der Waals surface area (Å²) in [4.78, 5) is 0. The highest BCUT2D eigenvalue weighted by Crippen LogP contribution is 2.30. The molecule has 5 heteroatoms. The molecule has 0 saturated heterocycles. The van der Waals surface area contributed by atoms with Crippen molar-refractivity contribution >= 4 is 21.8 Å². The number of methoxy groups -OCH3 is 1. The van der Waals surface area contributed by atoms with Crippen LogP contribution >= 0.6 is 0 Å². The number of rotatable bonds is 6. The molecule has 3 atom stereocenters. The summed E-state index contributed by atoms with van der Waals surface area (Å²) in [6, 6.07) is 8.09. The van der Waals surface area contributed by atoms with E-state index < -0.39 is 10.8 Å². The fourth-order valence-electron chi connectivity index (χ4n) is 2.34. The summed E-state index contributed by atoms with van der Waals surface area (Å²) >= 11 is 0. The average Bonchev–Trinajstić information content (AvgIpc) is 2.81. The van der Waals surface area contributed by atoms with E-state index in [1.165, 1.54) is 0 Å². The van der Waals surface area contributed by atoms with Gasteiger partial charge in [-0.25, -0.2) is 0 Å². The van der Waals surface area contributed by atoms with Crippen LogP contribution in [0.5, 0.6) is 5.75 Å². The van der Waals surface area contributed by atoms with E-state index >= 15 is 0 Å². The monoisotopic (exact) mass is 295 g/mol. The lowest BCUT2D eigenvalue weighted by atomic mass is 10.2. The standard InChI is InChI=1S/C15H21NO3S/c1-10(9-20(4)17)16-11(2)14-8-12-6-5-7-13(18-3)15(12)19-14/h5-8,10-11,16H,9H2,1-4H3. The van der Waals surface area contributed by atoms with Crippen molar-refractivity contribution in [2.24, 2.45) is 0 Å². The molecular formula is C15H21NO3S. The number of para-hydroxylation sites is 1. The summed E-state index contributed by atoms with van der Waals surface area (Å²) in [5.41, 5.74) is 0.769. The third-order valence-corrected chi connectivity index (χ3v) is 4.16. The zero-order chi connectivity index (χ0) is 14.7. The van der Waals surface area contributed by atoms with Gasteiger partial charge in [0.05, 0.1) is 13.2 Å². The lowest BCUT2D eigenvalue weighted by molar-refractivity contribution is 0.394. The molecule has 1 heterocycles. The van der Waals surface area contributed by atoms with Crippen LogP contribution in [0.4, 0.5) is 0 Å². The van der Waals surface area contributed by atoms with Gasteiger partial charge in [0, 0.05) is 34.2 Å². The quantitative estimate of drug-likeness (QED) is 0.890. The summed E-state index contributed by atoms with van der Waals surface area (Å²) in [5.74, 6) is 2.23. The fourth-order valence-corrected chi connectivity index (χ4v) is 3.14. The van der Waals surface area contributed by atoms with Gasteiger partial charge >= 0.3 is 0 Å². The Kier molecular flexibility index (Phi) is 4.83. The van der Waals surface area contributed by atoms with E-state index in [0.717, 1.165) is 22.5 Å². The highest BCUT2D eigenvalue weighted by atomic mass is 32.2. The third-order valence-electron chi connectivity index (χ3n) is 3.19. The molecule has 1 N–H and O–H groups in total. The van der Waals surface area contributed by atoms with E-state index in [1.807, 2.05) is 38.1 Å². The highest BCUT2D eigenvalue weighted by molar-refractivity contribution is 7.84. The van der Waals surface area contributed by atoms with Crippen molar-refractivity contribution in [3.63, 3.8) is 0 Å². The molecule has 0 aliphatic carbocycles. The van der Waals surface area contributed by atoms with E-state index in [4.69, 9.17) is 9.15 Å². The van der Waals surface area contributed by atoms with E-state index in [2.05, 4.69) is 5.32 Å². The fraction of sp³-hybridized carbons (Fsp3) is 0.467. The van der Waals surface area contributed by atoms with Crippen molar-refractivity contribution in [3.05, 3.63) is 30.0 Å². The Morgan fingerprint density at radius 3 is 2.80 bits per heavy atom. The Labute approximate surface area is 121 Å². The van der Waals surface area contributed by atoms with Gasteiger partial charge < -0.3 is 14.5 Å². The minimum absolute atomic E-state index is 0.0608. The molecule has 1 aromatic carbocycles. The van der Waals surface area contributed by atoms with Crippen LogP contribution in [0.2, 0.25) is 0 Å². The van der Waals surface area contributed by atoms with E-state index in [1.54, 1.807) is 13.4 Å². The van der Waals surface area contributed by atoms with E-state index in [9.17, 15) is 4.21 Å². The number of nitrogens with one attached hydrogen (secondary N) is 1. The molecule has 0 bridgehead atoms. The Bertz CT molecular complexity index is 608. The number of hydrogen-bond donors (Lipinski definition) is 1. The zero-order valence-corrected chi connectivity index (χ0v) is 13.1. The number of fused-ring (bicyclic) bond motifs is 1. The van der Waals surface area contributed by atoms with Gasteiger partial charge in [-0.05, 0) is 26.0 Å². The van der Waals surface area contributed by atoms with Crippen molar-refractivity contribution in [2.45, 2.75) is 25.9 Å². The second-order valence-corrected chi connectivity index (χ2v) is 6.54. The van der Waals surface area contributed by atoms with Crippen molar-refractivity contribution in [3.8, 4) is 5.75 Å². The van der Waals surface area contributed by atoms with Gasteiger partial charge in [0.25, 0.3) is 0 Å². The maximum atomic E-state index is 11.2. The molecule has 3 unspecified atom stereocenters. The van der Waals surface area contributed by atoms with Crippen LogP contribution in [-0.2, 0) is 10.8 Å². The summed E-state index contributed by atoms with van der Waals surface area (Å²) in [6.45, 7) is 4.07. The largest absolute Gasteiger partial charge is 0.493 e. The van der Waals surface area contributed by atoms with Gasteiger partial charge in [-0.2, -0.15) is 0 Å². The van der Waals surface area contributed by atoms with Crippen molar-refractivity contribution < 1.29 is 13.4 Å². The number of ether oxygens (including phenoxy) is 1. The number of furan rings is 1. The summed E-state index contributed by atoms with van der Waals surface area (Å²) in [7, 11) is 0.835. The van der Waals surface area contributed by atoms with Crippen LogP contribution in [0.1, 0.15) is 25.6 Å². The molecule has 2 aromatic rings. The van der Waals surface area contributed by atoms with Gasteiger partial charge in [-0.15, -0.1) is 0 Å². The zero-order valence-electron chi connectivity index (χ0n) is 12.3. The van der Waals surface area contributed by atoms with Crippen LogP contribution < -0.4 is 10.1 Å². The first-order chi connectivity index (χ1) is 9.51. The molecule has 0 aliphatic rings. The lowest BCUT2D eigenvalue weighted by Gasteiger charge is -2.17. The van der Waals surface area contributed by atoms with Crippen LogP contribution in [0.15, 0.2) is 28.7 Å². The molecule has 0 aliphatic heterocycles. The molecule has 20 heavy (non-hydrogen) atoms. The predicted molar refractivity (Wildman–Crippen MR) is 82.7 cm³/mol. The molecule has 0 radical (unpaired) electrons. The normalized spacial score (nSPS) is 16.0. The minimum atomic E-state index is -0.801. The molecule has 2 rings (SSSR count). The van der Waals surface area contributed by atoms with Crippen molar-refractivity contribution in [1.29, 1.82) is 0 Å². The maximum absolute atomic E-state index is 11.2. The van der Waals surface area contributed by atoms with Gasteiger partial charge in [-0.1, -0.05) is 12.1 Å². The average molecular weight is 295 g/mol. The topological polar surface area (TPSA) is 51.5 Å². The van der Waals surface area contributed by atoms with Gasteiger partial charge in [0.15, 0.2) is 11.3 Å². The molecule has 0 amide bonds. The second kappa shape index (κ2) is 6.41. The summed E-state index contributed by atoms with van der Waals surface area (Å²) in [6.07, 6.45) is 1.72. The van der Waals surface area contributed by atoms with Crippen LogP contribution in [0.3, 0.4) is 0 Å². The van der Waals surface area contributed by atoms with Crippen LogP contribution in [0.25, 0.3) is 11.0 Å². The van der Waals surface area contributed by atoms with Crippen LogP contribution in [-0.4, -0.2) is 29.4 Å². The van der Waals surface area contributed by atoms with Gasteiger partial charge in [0.1, 0.15) is 5.76 Å². The van der Waals surface area contributed by atoms with Gasteiger partial charge in [-0.3, -0.25) is 4.21 Å². The molecule has 0 fully saturated rings. The SMILES string of the molecule is COc1cccc2cc(C(C)NC(C)CS(C)=O)oc12. The lowest BCUT2D eigenvalue weighted by Crippen LogP contribution is -2.33. The van der Waals surface area contributed by atoms with Crippen molar-refractivity contribution in [2.75, 3.05) is 19.1 Å². The molecule has 110 valence electrons. The first kappa shape index (κ1) is 15.1. The highest BCUT2D eigenvalue weighted by Gasteiger charge is 2.16. The number of hydrogen-bond acceptors (Lipinski definition) is 4. The van der Waals surface area contributed by atoms with Crippen molar-refractivity contribution in [1.82, 2.24) is 5.32 Å². The molecule has 0 spiro atoms. The predicted octanol–water partition coefficient (Wildman–Crippen LogP) is 2.86. The first-order valence-corrected chi connectivity index (χ1v) is 8.36. The second-order valence-electron chi connectivity index (χ2n) is 5.06. The first-order valence-electron chi connectivity index (χ1n) is 6.63. The summed E-state index contributed by atoms with van der Waals surface area (Å²) in [5, 5.41) is 4.43. The maximum Gasteiger partial charge on any atom is 0.176 e.